The van der Waals surface area contributed by atoms with E-state index in [-0.39, 0.29) is 0 Å². The average Bonchev–Trinajstić information content (AvgIpc) is 3.24. The van der Waals surface area contributed by atoms with Gasteiger partial charge in [0.25, 0.3) is 0 Å². The van der Waals surface area contributed by atoms with E-state index in [2.05, 4.69) is 21.8 Å². The molecule has 0 radical (unpaired) electrons. The van der Waals surface area contributed by atoms with Crippen molar-refractivity contribution in [3.05, 3.63) is 35.4 Å². The zero-order valence-electron chi connectivity index (χ0n) is 11.6. The van der Waals surface area contributed by atoms with Gasteiger partial charge in [-0.3, -0.25) is 0 Å². The summed E-state index contributed by atoms with van der Waals surface area (Å²) in [5, 5.41) is 4.62. The Morgan fingerprint density at radius 2 is 2.30 bits per heavy atom. The Kier molecular flexibility index (Phi) is 3.78. The molecule has 1 aromatic heterocycles. The van der Waals surface area contributed by atoms with Crippen LogP contribution in [-0.4, -0.2) is 18.0 Å². The van der Waals surface area contributed by atoms with Crippen molar-refractivity contribution in [2.45, 2.75) is 25.2 Å². The highest BCUT2D eigenvalue weighted by atomic mass is 32.1. The van der Waals surface area contributed by atoms with Crippen molar-refractivity contribution in [3.63, 3.8) is 0 Å². The van der Waals surface area contributed by atoms with Gasteiger partial charge >= 0.3 is 0 Å². The molecule has 20 heavy (non-hydrogen) atoms. The molecular weight excluding hydrogens is 270 g/mol. The number of aromatic nitrogens is 1. The summed E-state index contributed by atoms with van der Waals surface area (Å²) in [6.07, 6.45) is 3.44. The van der Waals surface area contributed by atoms with Crippen LogP contribution in [0.25, 0.3) is 0 Å². The SMILES string of the molecule is COc1cccc(CCNc2snc(N)c2C2CC2)c1. The molecule has 3 rings (SSSR count). The van der Waals surface area contributed by atoms with Gasteiger partial charge in [0.2, 0.25) is 0 Å². The van der Waals surface area contributed by atoms with E-state index in [9.17, 15) is 0 Å². The van der Waals surface area contributed by atoms with Crippen LogP contribution >= 0.6 is 11.5 Å². The predicted molar refractivity (Wildman–Crippen MR) is 83.7 cm³/mol. The number of nitrogens with two attached hydrogens (primary N) is 1. The van der Waals surface area contributed by atoms with Gasteiger partial charge in [0.05, 0.1) is 7.11 Å². The second-order valence-electron chi connectivity index (χ2n) is 5.11. The van der Waals surface area contributed by atoms with Gasteiger partial charge in [0.15, 0.2) is 0 Å². The van der Waals surface area contributed by atoms with E-state index in [0.29, 0.717) is 11.7 Å². The highest BCUT2D eigenvalue weighted by Crippen LogP contribution is 2.47. The lowest BCUT2D eigenvalue weighted by molar-refractivity contribution is 0.414. The van der Waals surface area contributed by atoms with Gasteiger partial charge in [-0.15, -0.1) is 0 Å². The standard InChI is InChI=1S/C15H19N3OS/c1-19-12-4-2-3-10(9-12)7-8-17-15-13(11-5-6-11)14(16)18-20-15/h2-4,9,11,17H,5-8H2,1H3,(H2,16,18). The van der Waals surface area contributed by atoms with Crippen molar-refractivity contribution in [1.29, 1.82) is 0 Å². The molecule has 0 spiro atoms. The monoisotopic (exact) mass is 289 g/mol. The van der Waals surface area contributed by atoms with Gasteiger partial charge in [-0.1, -0.05) is 12.1 Å². The molecule has 4 nitrogen and oxygen atoms in total. The Morgan fingerprint density at radius 3 is 3.05 bits per heavy atom. The summed E-state index contributed by atoms with van der Waals surface area (Å²) in [7, 11) is 1.69. The van der Waals surface area contributed by atoms with E-state index in [1.54, 1.807) is 7.11 Å². The highest BCUT2D eigenvalue weighted by molar-refractivity contribution is 7.10. The fraction of sp³-hybridized carbons (Fsp3) is 0.400. The molecule has 0 amide bonds. The number of benzene rings is 1. The number of nitrogens with one attached hydrogen (secondary N) is 1. The van der Waals surface area contributed by atoms with Gasteiger partial charge in [-0.25, -0.2) is 0 Å². The van der Waals surface area contributed by atoms with Crippen molar-refractivity contribution in [3.8, 4) is 5.75 Å². The van der Waals surface area contributed by atoms with Gasteiger partial charge < -0.3 is 15.8 Å². The molecule has 1 fully saturated rings. The third kappa shape index (κ3) is 2.88. The smallest absolute Gasteiger partial charge is 0.142 e. The van der Waals surface area contributed by atoms with Crippen molar-refractivity contribution >= 4 is 22.4 Å². The topological polar surface area (TPSA) is 60.2 Å². The van der Waals surface area contributed by atoms with Crippen LogP contribution in [0.5, 0.6) is 5.75 Å². The normalized spacial score (nSPS) is 14.2. The van der Waals surface area contributed by atoms with Gasteiger partial charge in [-0.2, -0.15) is 4.37 Å². The Balaban J connectivity index is 1.59. The summed E-state index contributed by atoms with van der Waals surface area (Å²) in [6.45, 7) is 0.883. The molecular formula is C15H19N3OS. The largest absolute Gasteiger partial charge is 0.497 e. The number of methoxy groups -OCH3 is 1. The number of nitrogen functional groups attached to an aromatic ring is 1. The maximum Gasteiger partial charge on any atom is 0.142 e. The minimum Gasteiger partial charge on any atom is -0.497 e. The first-order valence-corrected chi connectivity index (χ1v) is 7.67. The zero-order chi connectivity index (χ0) is 13.9. The summed E-state index contributed by atoms with van der Waals surface area (Å²) in [6, 6.07) is 8.18. The molecule has 5 heteroatoms. The number of rotatable bonds is 6. The third-order valence-electron chi connectivity index (χ3n) is 3.57. The minimum absolute atomic E-state index is 0.632. The lowest BCUT2D eigenvalue weighted by Crippen LogP contribution is -2.05. The van der Waals surface area contributed by atoms with Gasteiger partial charge in [0.1, 0.15) is 16.6 Å². The fourth-order valence-electron chi connectivity index (χ4n) is 2.35. The minimum atomic E-state index is 0.632. The first-order chi connectivity index (χ1) is 9.78. The molecule has 0 bridgehead atoms. The number of ether oxygens (including phenoxy) is 1. The Morgan fingerprint density at radius 1 is 1.45 bits per heavy atom. The maximum absolute atomic E-state index is 5.95. The molecule has 1 saturated carbocycles. The molecule has 0 saturated heterocycles. The van der Waals surface area contributed by atoms with Crippen molar-refractivity contribution in [2.24, 2.45) is 0 Å². The predicted octanol–water partition coefficient (Wildman–Crippen LogP) is 3.27. The van der Waals surface area contributed by atoms with Gasteiger partial charge in [-0.05, 0) is 54.4 Å². The van der Waals surface area contributed by atoms with Crippen LogP contribution in [0.2, 0.25) is 0 Å². The fourth-order valence-corrected chi connectivity index (χ4v) is 3.18. The Labute approximate surface area is 123 Å². The second kappa shape index (κ2) is 5.71. The molecule has 2 aromatic rings. The number of hydrogen-bond acceptors (Lipinski definition) is 5. The average molecular weight is 289 g/mol. The van der Waals surface area contributed by atoms with Crippen LogP contribution in [0.3, 0.4) is 0 Å². The molecule has 0 aliphatic heterocycles. The van der Waals surface area contributed by atoms with Crippen LogP contribution in [0.1, 0.15) is 29.9 Å². The summed E-state index contributed by atoms with van der Waals surface area (Å²) in [5.74, 6) is 2.25. The summed E-state index contributed by atoms with van der Waals surface area (Å²) < 4.78 is 9.50. The van der Waals surface area contributed by atoms with E-state index in [1.807, 2.05) is 12.1 Å². The number of nitrogens with zero attached hydrogens (tertiary/aromatic N) is 1. The summed E-state index contributed by atoms with van der Waals surface area (Å²) in [5.41, 5.74) is 8.45. The summed E-state index contributed by atoms with van der Waals surface area (Å²) >= 11 is 1.48. The first kappa shape index (κ1) is 13.2. The van der Waals surface area contributed by atoms with Crippen molar-refractivity contribution < 1.29 is 4.74 Å². The lowest BCUT2D eigenvalue weighted by Gasteiger charge is -2.07. The molecule has 1 heterocycles. The molecule has 1 aliphatic carbocycles. The Bertz CT molecular complexity index is 593. The van der Waals surface area contributed by atoms with Crippen LogP contribution in [0.15, 0.2) is 24.3 Å². The molecule has 0 atom stereocenters. The Hall–Kier alpha value is -1.75. The van der Waals surface area contributed by atoms with Crippen molar-refractivity contribution in [2.75, 3.05) is 24.7 Å². The second-order valence-corrected chi connectivity index (χ2v) is 5.89. The number of anilines is 2. The first-order valence-electron chi connectivity index (χ1n) is 6.89. The van der Waals surface area contributed by atoms with E-state index in [0.717, 1.165) is 23.7 Å². The van der Waals surface area contributed by atoms with E-state index < -0.39 is 0 Å². The quantitative estimate of drug-likeness (QED) is 0.857. The summed E-state index contributed by atoms with van der Waals surface area (Å²) in [4.78, 5) is 0. The molecule has 106 valence electrons. The van der Waals surface area contributed by atoms with Gasteiger partial charge in [0, 0.05) is 12.1 Å². The van der Waals surface area contributed by atoms with Crippen LogP contribution < -0.4 is 15.8 Å². The van der Waals surface area contributed by atoms with E-state index in [4.69, 9.17) is 10.5 Å². The van der Waals surface area contributed by atoms with E-state index in [1.165, 1.54) is 35.5 Å². The molecule has 1 aromatic carbocycles. The lowest BCUT2D eigenvalue weighted by atomic mass is 10.1. The zero-order valence-corrected chi connectivity index (χ0v) is 12.4. The molecule has 1 aliphatic rings. The van der Waals surface area contributed by atoms with Crippen LogP contribution in [0.4, 0.5) is 10.8 Å². The third-order valence-corrected chi connectivity index (χ3v) is 4.41. The highest BCUT2D eigenvalue weighted by Gasteiger charge is 2.30. The maximum atomic E-state index is 5.95. The van der Waals surface area contributed by atoms with Crippen molar-refractivity contribution in [1.82, 2.24) is 4.37 Å². The number of hydrogen-bond donors (Lipinski definition) is 2. The molecule has 3 N–H and O–H groups in total. The van der Waals surface area contributed by atoms with Crippen LogP contribution in [-0.2, 0) is 6.42 Å². The van der Waals surface area contributed by atoms with E-state index >= 15 is 0 Å². The molecule has 0 unspecified atom stereocenters. The van der Waals surface area contributed by atoms with Crippen LogP contribution in [0, 0.1) is 0 Å².